The lowest BCUT2D eigenvalue weighted by molar-refractivity contribution is 0.455. The summed E-state index contributed by atoms with van der Waals surface area (Å²) in [5.41, 5.74) is 3.53. The van der Waals surface area contributed by atoms with Gasteiger partial charge in [0.05, 0.1) is 5.69 Å². The van der Waals surface area contributed by atoms with Crippen LogP contribution in [0, 0.1) is 19.8 Å². The Bertz CT molecular complexity index is 566. The Morgan fingerprint density at radius 3 is 2.65 bits per heavy atom. The van der Waals surface area contributed by atoms with Crippen molar-refractivity contribution >= 4 is 0 Å². The predicted molar refractivity (Wildman–Crippen MR) is 78.4 cm³/mol. The Morgan fingerprint density at radius 2 is 2.00 bits per heavy atom. The van der Waals surface area contributed by atoms with Gasteiger partial charge in [-0.25, -0.2) is 9.67 Å². The first-order chi connectivity index (χ1) is 9.52. The third-order valence-corrected chi connectivity index (χ3v) is 3.41. The van der Waals surface area contributed by atoms with E-state index in [-0.39, 0.29) is 0 Å². The standard InChI is InChI=1S/C14H24N6/c1-10(2)7-20-14(16-9-17-20)8-19-12(4)13(6-15-5)11(3)18-19/h9-10,15H,6-8H2,1-5H3. The van der Waals surface area contributed by atoms with Crippen LogP contribution in [0.3, 0.4) is 0 Å². The smallest absolute Gasteiger partial charge is 0.148 e. The first-order valence-corrected chi connectivity index (χ1v) is 7.07. The summed E-state index contributed by atoms with van der Waals surface area (Å²) in [5, 5.41) is 12.1. The molecule has 6 nitrogen and oxygen atoms in total. The van der Waals surface area contributed by atoms with Crippen molar-refractivity contribution in [3.05, 3.63) is 29.1 Å². The fourth-order valence-electron chi connectivity index (χ4n) is 2.36. The average molecular weight is 276 g/mol. The molecule has 0 fully saturated rings. The second-order valence-corrected chi connectivity index (χ2v) is 5.59. The van der Waals surface area contributed by atoms with Crippen LogP contribution in [0.5, 0.6) is 0 Å². The SMILES string of the molecule is CNCc1c(C)nn(Cc2ncnn2CC(C)C)c1C. The summed E-state index contributed by atoms with van der Waals surface area (Å²) in [7, 11) is 1.95. The van der Waals surface area contributed by atoms with E-state index in [1.807, 2.05) is 16.4 Å². The number of hydrogen-bond donors (Lipinski definition) is 1. The molecule has 0 saturated heterocycles. The second kappa shape index (κ2) is 6.17. The minimum absolute atomic E-state index is 0.552. The van der Waals surface area contributed by atoms with Crippen LogP contribution in [0.1, 0.15) is 36.6 Å². The molecule has 2 aromatic heterocycles. The van der Waals surface area contributed by atoms with E-state index in [1.165, 1.54) is 11.3 Å². The highest BCUT2D eigenvalue weighted by Gasteiger charge is 2.13. The molecule has 6 heteroatoms. The quantitative estimate of drug-likeness (QED) is 0.869. The van der Waals surface area contributed by atoms with Gasteiger partial charge in [-0.1, -0.05) is 13.8 Å². The Balaban J connectivity index is 2.22. The van der Waals surface area contributed by atoms with Gasteiger partial charge in [0.1, 0.15) is 18.7 Å². The Labute approximate surface area is 120 Å². The van der Waals surface area contributed by atoms with E-state index in [2.05, 4.69) is 48.2 Å². The Hall–Kier alpha value is -1.69. The van der Waals surface area contributed by atoms with Crippen LogP contribution in [0.25, 0.3) is 0 Å². The molecule has 0 bridgehead atoms. The van der Waals surface area contributed by atoms with E-state index in [0.29, 0.717) is 12.5 Å². The van der Waals surface area contributed by atoms with Gasteiger partial charge in [0.25, 0.3) is 0 Å². The fraction of sp³-hybridized carbons (Fsp3) is 0.643. The van der Waals surface area contributed by atoms with E-state index in [1.54, 1.807) is 6.33 Å². The van der Waals surface area contributed by atoms with Crippen LogP contribution in [0.2, 0.25) is 0 Å². The first kappa shape index (κ1) is 14.7. The zero-order chi connectivity index (χ0) is 14.7. The third kappa shape index (κ3) is 3.07. The van der Waals surface area contributed by atoms with Crippen molar-refractivity contribution in [1.29, 1.82) is 0 Å². The molecule has 0 amide bonds. The second-order valence-electron chi connectivity index (χ2n) is 5.59. The van der Waals surface area contributed by atoms with Crippen molar-refractivity contribution < 1.29 is 0 Å². The van der Waals surface area contributed by atoms with Crippen molar-refractivity contribution in [3.8, 4) is 0 Å². The molecule has 0 spiro atoms. The summed E-state index contributed by atoms with van der Waals surface area (Å²) < 4.78 is 3.99. The summed E-state index contributed by atoms with van der Waals surface area (Å²) in [5.74, 6) is 1.51. The zero-order valence-electron chi connectivity index (χ0n) is 13.0. The number of nitrogens with zero attached hydrogens (tertiary/aromatic N) is 5. The molecule has 0 saturated carbocycles. The molecule has 0 unspecified atom stereocenters. The van der Waals surface area contributed by atoms with Crippen molar-refractivity contribution in [3.63, 3.8) is 0 Å². The topological polar surface area (TPSA) is 60.6 Å². The lowest BCUT2D eigenvalue weighted by Gasteiger charge is -2.09. The normalized spacial score (nSPS) is 11.5. The van der Waals surface area contributed by atoms with E-state index in [0.717, 1.165) is 24.6 Å². The van der Waals surface area contributed by atoms with Gasteiger partial charge < -0.3 is 5.32 Å². The molecule has 0 aliphatic carbocycles. The van der Waals surface area contributed by atoms with Crippen molar-refractivity contribution in [1.82, 2.24) is 29.9 Å². The summed E-state index contributed by atoms with van der Waals surface area (Å²) in [6.45, 7) is 10.9. The minimum Gasteiger partial charge on any atom is -0.316 e. The lowest BCUT2D eigenvalue weighted by atomic mass is 10.2. The molecule has 2 heterocycles. The first-order valence-electron chi connectivity index (χ1n) is 7.07. The number of rotatable bonds is 6. The molecule has 0 atom stereocenters. The van der Waals surface area contributed by atoms with Gasteiger partial charge in [-0.2, -0.15) is 10.2 Å². The van der Waals surface area contributed by atoms with Crippen LogP contribution >= 0.6 is 0 Å². The van der Waals surface area contributed by atoms with E-state index in [9.17, 15) is 0 Å². The van der Waals surface area contributed by atoms with Gasteiger partial charge in [-0.05, 0) is 26.8 Å². The number of nitrogens with one attached hydrogen (secondary N) is 1. The van der Waals surface area contributed by atoms with Gasteiger partial charge in [-0.3, -0.25) is 4.68 Å². The molecule has 0 aliphatic rings. The van der Waals surface area contributed by atoms with Crippen molar-refractivity contribution in [2.24, 2.45) is 5.92 Å². The van der Waals surface area contributed by atoms with Gasteiger partial charge in [0, 0.05) is 24.3 Å². The van der Waals surface area contributed by atoms with Gasteiger partial charge in [0.2, 0.25) is 0 Å². The van der Waals surface area contributed by atoms with Crippen LogP contribution in [0.4, 0.5) is 0 Å². The molecule has 20 heavy (non-hydrogen) atoms. The highest BCUT2D eigenvalue weighted by atomic mass is 15.4. The maximum atomic E-state index is 4.62. The maximum absolute atomic E-state index is 4.62. The van der Waals surface area contributed by atoms with E-state index >= 15 is 0 Å². The number of hydrogen-bond acceptors (Lipinski definition) is 4. The van der Waals surface area contributed by atoms with Crippen molar-refractivity contribution in [2.45, 2.75) is 47.3 Å². The van der Waals surface area contributed by atoms with Gasteiger partial charge in [0.15, 0.2) is 0 Å². The molecule has 0 radical (unpaired) electrons. The van der Waals surface area contributed by atoms with Crippen LogP contribution in [0.15, 0.2) is 6.33 Å². The van der Waals surface area contributed by atoms with Gasteiger partial charge in [-0.15, -0.1) is 0 Å². The monoisotopic (exact) mass is 276 g/mol. The molecule has 1 N–H and O–H groups in total. The Kier molecular flexibility index (Phi) is 4.54. The molecule has 110 valence electrons. The molecular formula is C14H24N6. The summed E-state index contributed by atoms with van der Waals surface area (Å²) in [6.07, 6.45) is 1.62. The number of aryl methyl sites for hydroxylation is 1. The zero-order valence-corrected chi connectivity index (χ0v) is 13.0. The fourth-order valence-corrected chi connectivity index (χ4v) is 2.36. The highest BCUT2D eigenvalue weighted by Crippen LogP contribution is 2.14. The van der Waals surface area contributed by atoms with Crippen LogP contribution in [-0.2, 0) is 19.6 Å². The summed E-state index contributed by atoms with van der Waals surface area (Å²) in [6, 6.07) is 0. The third-order valence-electron chi connectivity index (χ3n) is 3.41. The molecule has 0 aliphatic heterocycles. The average Bonchev–Trinajstić information content (AvgIpc) is 2.90. The minimum atomic E-state index is 0.552. The lowest BCUT2D eigenvalue weighted by Crippen LogP contribution is -2.15. The van der Waals surface area contributed by atoms with E-state index < -0.39 is 0 Å². The van der Waals surface area contributed by atoms with E-state index in [4.69, 9.17) is 0 Å². The molecule has 0 aromatic carbocycles. The van der Waals surface area contributed by atoms with Gasteiger partial charge >= 0.3 is 0 Å². The Morgan fingerprint density at radius 1 is 1.25 bits per heavy atom. The van der Waals surface area contributed by atoms with Crippen LogP contribution in [-0.4, -0.2) is 31.6 Å². The molecule has 2 aromatic rings. The van der Waals surface area contributed by atoms with Crippen LogP contribution < -0.4 is 5.32 Å². The largest absolute Gasteiger partial charge is 0.316 e. The number of aromatic nitrogens is 5. The summed E-state index contributed by atoms with van der Waals surface area (Å²) >= 11 is 0. The molecular weight excluding hydrogens is 252 g/mol. The van der Waals surface area contributed by atoms with Crippen molar-refractivity contribution in [2.75, 3.05) is 7.05 Å². The summed E-state index contributed by atoms with van der Waals surface area (Å²) in [4.78, 5) is 4.37. The molecule has 2 rings (SSSR count). The predicted octanol–water partition coefficient (Wildman–Crippen LogP) is 1.52. The highest BCUT2D eigenvalue weighted by molar-refractivity contribution is 5.24. The maximum Gasteiger partial charge on any atom is 0.148 e.